The van der Waals surface area contributed by atoms with Crippen LogP contribution in [0.1, 0.15) is 34.2 Å². The molecule has 5 nitrogen and oxygen atoms in total. The van der Waals surface area contributed by atoms with Crippen molar-refractivity contribution >= 4 is 28.4 Å². The highest BCUT2D eigenvalue weighted by molar-refractivity contribution is 6.35. The van der Waals surface area contributed by atoms with Crippen molar-refractivity contribution in [3.05, 3.63) is 51.9 Å². The molecule has 2 aromatic heterocycles. The average Bonchev–Trinajstić information content (AvgIpc) is 3.18. The average molecular weight is 329 g/mol. The molecule has 0 aliphatic carbocycles. The Kier molecular flexibility index (Phi) is 3.38. The Hall–Kier alpha value is -2.27. The third kappa shape index (κ3) is 2.23. The Morgan fingerprint density at radius 1 is 1.43 bits per heavy atom. The first kappa shape index (κ1) is 14.3. The number of nitrogens with zero attached hydrogens (tertiary/aromatic N) is 2. The van der Waals surface area contributed by atoms with Crippen LogP contribution in [0.5, 0.6) is 0 Å². The number of nitrogens with one attached hydrogen (secondary N) is 2. The molecule has 0 saturated carbocycles. The summed E-state index contributed by atoms with van der Waals surface area (Å²) in [4.78, 5) is 18.1. The quantitative estimate of drug-likeness (QED) is 0.758. The lowest BCUT2D eigenvalue weighted by Gasteiger charge is -2.27. The van der Waals surface area contributed by atoms with Gasteiger partial charge in [-0.15, -0.1) is 0 Å². The molecule has 1 aliphatic heterocycles. The van der Waals surface area contributed by atoms with E-state index in [2.05, 4.69) is 21.2 Å². The van der Waals surface area contributed by atoms with Crippen LogP contribution in [0.25, 0.3) is 10.9 Å². The van der Waals surface area contributed by atoms with E-state index in [4.69, 9.17) is 11.6 Å². The van der Waals surface area contributed by atoms with Gasteiger partial charge < -0.3 is 9.88 Å². The topological polar surface area (TPSA) is 64.8 Å². The van der Waals surface area contributed by atoms with E-state index in [1.54, 1.807) is 6.20 Å². The number of benzene rings is 1. The predicted octanol–water partition coefficient (Wildman–Crippen LogP) is 3.31. The summed E-state index contributed by atoms with van der Waals surface area (Å²) in [6.07, 6.45) is 3.21. The molecular formula is C17H17ClN4O. The molecule has 0 spiro atoms. The summed E-state index contributed by atoms with van der Waals surface area (Å²) in [5.41, 5.74) is 4.88. The Balaban J connectivity index is 1.70. The van der Waals surface area contributed by atoms with Gasteiger partial charge in [-0.2, -0.15) is 5.10 Å². The molecule has 0 radical (unpaired) electrons. The van der Waals surface area contributed by atoms with Crippen LogP contribution >= 0.6 is 11.6 Å². The largest absolute Gasteiger partial charge is 0.357 e. The van der Waals surface area contributed by atoms with E-state index < -0.39 is 0 Å². The minimum absolute atomic E-state index is 0.0395. The van der Waals surface area contributed by atoms with Crippen molar-refractivity contribution in [2.75, 3.05) is 6.54 Å². The number of fused-ring (bicyclic) bond motifs is 3. The first-order chi connectivity index (χ1) is 11.2. The normalized spacial score (nSPS) is 14.3. The SMILES string of the molecule is CCc1[nH]ncc1C(=O)N1CCc2[nH]c3c(Cl)cccc3c2C1. The Morgan fingerprint density at radius 3 is 3.13 bits per heavy atom. The molecule has 1 aromatic carbocycles. The van der Waals surface area contributed by atoms with Crippen molar-refractivity contribution in [3.8, 4) is 0 Å². The second-order valence-electron chi connectivity index (χ2n) is 5.84. The molecule has 1 amide bonds. The second-order valence-corrected chi connectivity index (χ2v) is 6.24. The van der Waals surface area contributed by atoms with Crippen molar-refractivity contribution in [2.45, 2.75) is 26.3 Å². The number of para-hydroxylation sites is 1. The molecule has 118 valence electrons. The number of aromatic nitrogens is 3. The summed E-state index contributed by atoms with van der Waals surface area (Å²) in [5.74, 6) is 0.0395. The lowest BCUT2D eigenvalue weighted by Crippen LogP contribution is -2.36. The Labute approximate surface area is 138 Å². The van der Waals surface area contributed by atoms with Crippen LogP contribution in [0.2, 0.25) is 5.02 Å². The van der Waals surface area contributed by atoms with Crippen LogP contribution in [0.4, 0.5) is 0 Å². The summed E-state index contributed by atoms with van der Waals surface area (Å²) in [7, 11) is 0. The fourth-order valence-electron chi connectivity index (χ4n) is 3.31. The van der Waals surface area contributed by atoms with Crippen molar-refractivity contribution in [1.29, 1.82) is 0 Å². The summed E-state index contributed by atoms with van der Waals surface area (Å²) >= 11 is 6.27. The zero-order valence-corrected chi connectivity index (χ0v) is 13.6. The molecule has 4 rings (SSSR count). The van der Waals surface area contributed by atoms with Gasteiger partial charge in [0.25, 0.3) is 5.91 Å². The van der Waals surface area contributed by atoms with E-state index >= 15 is 0 Å². The fourth-order valence-corrected chi connectivity index (χ4v) is 3.53. The standard InChI is InChI=1S/C17H17ClN4O/c1-2-14-11(8-19-21-14)17(23)22-7-6-15-12(9-22)10-4-3-5-13(18)16(10)20-15/h3-5,8,20H,2,6-7,9H2,1H3,(H,19,21). The second kappa shape index (κ2) is 5.42. The van der Waals surface area contributed by atoms with Crippen LogP contribution in [0, 0.1) is 0 Å². The minimum atomic E-state index is 0.0395. The highest BCUT2D eigenvalue weighted by Gasteiger charge is 2.26. The number of amides is 1. The smallest absolute Gasteiger partial charge is 0.257 e. The number of carbonyl (C=O) groups is 1. The van der Waals surface area contributed by atoms with E-state index in [-0.39, 0.29) is 5.91 Å². The maximum Gasteiger partial charge on any atom is 0.257 e. The highest BCUT2D eigenvalue weighted by atomic mass is 35.5. The molecular weight excluding hydrogens is 312 g/mol. The number of halogens is 1. The van der Waals surface area contributed by atoms with Crippen molar-refractivity contribution in [3.63, 3.8) is 0 Å². The first-order valence-corrected chi connectivity index (χ1v) is 8.16. The molecule has 0 unspecified atom stereocenters. The monoisotopic (exact) mass is 328 g/mol. The van der Waals surface area contributed by atoms with Crippen molar-refractivity contribution in [1.82, 2.24) is 20.1 Å². The Bertz CT molecular complexity index is 895. The lowest BCUT2D eigenvalue weighted by molar-refractivity contribution is 0.0734. The molecule has 3 aromatic rings. The summed E-state index contributed by atoms with van der Waals surface area (Å²) in [5, 5.41) is 8.74. The van der Waals surface area contributed by atoms with Crippen LogP contribution in [-0.2, 0) is 19.4 Å². The molecule has 2 N–H and O–H groups in total. The number of hydrogen-bond acceptors (Lipinski definition) is 2. The number of carbonyl (C=O) groups excluding carboxylic acids is 1. The third-order valence-electron chi connectivity index (χ3n) is 4.55. The van der Waals surface area contributed by atoms with Crippen molar-refractivity contribution in [2.24, 2.45) is 0 Å². The maximum absolute atomic E-state index is 12.8. The van der Waals surface area contributed by atoms with Crippen LogP contribution < -0.4 is 0 Å². The first-order valence-electron chi connectivity index (χ1n) is 7.78. The molecule has 0 atom stereocenters. The zero-order valence-electron chi connectivity index (χ0n) is 12.8. The molecule has 0 fully saturated rings. The van der Waals surface area contributed by atoms with Crippen LogP contribution in [0.3, 0.4) is 0 Å². The lowest BCUT2D eigenvalue weighted by atomic mass is 10.0. The minimum Gasteiger partial charge on any atom is -0.357 e. The highest BCUT2D eigenvalue weighted by Crippen LogP contribution is 2.32. The van der Waals surface area contributed by atoms with Gasteiger partial charge in [0, 0.05) is 41.8 Å². The van der Waals surface area contributed by atoms with Crippen LogP contribution in [-0.4, -0.2) is 32.5 Å². The maximum atomic E-state index is 12.8. The van der Waals surface area contributed by atoms with Gasteiger partial charge in [-0.1, -0.05) is 30.7 Å². The van der Waals surface area contributed by atoms with Gasteiger partial charge in [0.1, 0.15) is 0 Å². The number of aromatic amines is 2. The number of H-pyrrole nitrogens is 2. The van der Waals surface area contributed by atoms with E-state index in [1.807, 2.05) is 24.0 Å². The summed E-state index contributed by atoms with van der Waals surface area (Å²) < 4.78 is 0. The van der Waals surface area contributed by atoms with Gasteiger partial charge >= 0.3 is 0 Å². The zero-order chi connectivity index (χ0) is 16.0. The molecule has 0 bridgehead atoms. The van der Waals surface area contributed by atoms with E-state index in [1.165, 1.54) is 11.3 Å². The molecule has 0 saturated heterocycles. The van der Waals surface area contributed by atoms with Crippen molar-refractivity contribution < 1.29 is 4.79 Å². The predicted molar refractivity (Wildman–Crippen MR) is 89.7 cm³/mol. The summed E-state index contributed by atoms with van der Waals surface area (Å²) in [6, 6.07) is 5.89. The van der Waals surface area contributed by atoms with Gasteiger partial charge in [-0.05, 0) is 12.5 Å². The van der Waals surface area contributed by atoms with Gasteiger partial charge in [-0.25, -0.2) is 0 Å². The number of aryl methyl sites for hydroxylation is 1. The molecule has 3 heterocycles. The Morgan fingerprint density at radius 2 is 2.30 bits per heavy atom. The molecule has 23 heavy (non-hydrogen) atoms. The summed E-state index contributed by atoms with van der Waals surface area (Å²) in [6.45, 7) is 3.31. The van der Waals surface area contributed by atoms with Gasteiger partial charge in [-0.3, -0.25) is 9.89 Å². The van der Waals surface area contributed by atoms with E-state index in [0.717, 1.165) is 34.5 Å². The third-order valence-corrected chi connectivity index (χ3v) is 4.86. The van der Waals surface area contributed by atoms with E-state index in [0.29, 0.717) is 18.7 Å². The number of rotatable bonds is 2. The van der Waals surface area contributed by atoms with Crippen LogP contribution in [0.15, 0.2) is 24.4 Å². The van der Waals surface area contributed by atoms with Gasteiger partial charge in [0.05, 0.1) is 22.3 Å². The fraction of sp³-hybridized carbons (Fsp3) is 0.294. The van der Waals surface area contributed by atoms with Gasteiger partial charge in [0.2, 0.25) is 0 Å². The molecule has 1 aliphatic rings. The van der Waals surface area contributed by atoms with Gasteiger partial charge in [0.15, 0.2) is 0 Å². The molecule has 6 heteroatoms. The van der Waals surface area contributed by atoms with E-state index in [9.17, 15) is 4.79 Å². The number of hydrogen-bond donors (Lipinski definition) is 2.